The zero-order chi connectivity index (χ0) is 18.0. The minimum absolute atomic E-state index is 0.0947. The van der Waals surface area contributed by atoms with E-state index in [9.17, 15) is 9.59 Å². The van der Waals surface area contributed by atoms with E-state index < -0.39 is 0 Å². The van der Waals surface area contributed by atoms with Gasteiger partial charge in [0, 0.05) is 6.42 Å². The smallest absolute Gasteiger partial charge is 0.258 e. The third-order valence-corrected chi connectivity index (χ3v) is 4.72. The Labute approximate surface area is 148 Å². The van der Waals surface area contributed by atoms with Gasteiger partial charge in [-0.25, -0.2) is 0 Å². The summed E-state index contributed by atoms with van der Waals surface area (Å²) in [5.41, 5.74) is 3.84. The van der Waals surface area contributed by atoms with E-state index in [1.165, 1.54) is 0 Å². The van der Waals surface area contributed by atoms with Gasteiger partial charge in [0.2, 0.25) is 0 Å². The van der Waals surface area contributed by atoms with Crippen LogP contribution in [0.3, 0.4) is 0 Å². The molecule has 25 heavy (non-hydrogen) atoms. The molecule has 0 saturated carbocycles. The number of fused-ring (bicyclic) bond motifs is 1. The molecule has 0 aliphatic heterocycles. The summed E-state index contributed by atoms with van der Waals surface area (Å²) in [5.74, 6) is 0.610. The average molecular weight is 337 g/mol. The number of hydrogen-bond acceptors (Lipinski definition) is 3. The van der Waals surface area contributed by atoms with Crippen LogP contribution in [-0.4, -0.2) is 18.3 Å². The highest BCUT2D eigenvalue weighted by Crippen LogP contribution is 2.40. The Morgan fingerprint density at radius 3 is 2.68 bits per heavy atom. The Balaban J connectivity index is 1.67. The lowest BCUT2D eigenvalue weighted by molar-refractivity contribution is -0.123. The van der Waals surface area contributed by atoms with Gasteiger partial charge in [-0.2, -0.15) is 0 Å². The topological polar surface area (TPSA) is 55.4 Å². The maximum atomic E-state index is 12.3. The van der Waals surface area contributed by atoms with E-state index in [-0.39, 0.29) is 30.3 Å². The first-order valence-corrected chi connectivity index (χ1v) is 8.61. The zero-order valence-electron chi connectivity index (χ0n) is 14.8. The third-order valence-electron chi connectivity index (χ3n) is 4.72. The molecule has 3 rings (SSSR count). The van der Waals surface area contributed by atoms with Crippen LogP contribution in [0.4, 0.5) is 0 Å². The van der Waals surface area contributed by atoms with E-state index in [0.29, 0.717) is 17.7 Å². The lowest BCUT2D eigenvalue weighted by Crippen LogP contribution is -2.31. The highest BCUT2D eigenvalue weighted by Gasteiger charge is 2.31. The molecular formula is C21H23NO3. The van der Waals surface area contributed by atoms with Crippen molar-refractivity contribution in [2.75, 3.05) is 6.61 Å². The molecule has 0 spiro atoms. The number of hydrogen-bond donors (Lipinski definition) is 1. The number of rotatable bonds is 5. The van der Waals surface area contributed by atoms with Gasteiger partial charge in [-0.1, -0.05) is 43.3 Å². The maximum absolute atomic E-state index is 12.3. The minimum atomic E-state index is -0.204. The van der Waals surface area contributed by atoms with Crippen molar-refractivity contribution in [3.63, 3.8) is 0 Å². The molecule has 0 aromatic heterocycles. The number of nitrogens with one attached hydrogen (secondary N) is 1. The molecule has 0 unspecified atom stereocenters. The van der Waals surface area contributed by atoms with Crippen molar-refractivity contribution in [1.29, 1.82) is 0 Å². The van der Waals surface area contributed by atoms with Crippen LogP contribution >= 0.6 is 0 Å². The summed E-state index contributed by atoms with van der Waals surface area (Å²) in [6, 6.07) is 13.4. The normalized spacial score (nSPS) is 17.1. The summed E-state index contributed by atoms with van der Waals surface area (Å²) >= 11 is 0. The monoisotopic (exact) mass is 337 g/mol. The lowest BCUT2D eigenvalue weighted by Gasteiger charge is -2.16. The van der Waals surface area contributed by atoms with Crippen molar-refractivity contribution in [2.24, 2.45) is 0 Å². The lowest BCUT2D eigenvalue weighted by atomic mass is 9.97. The van der Waals surface area contributed by atoms with Crippen LogP contribution < -0.4 is 10.1 Å². The van der Waals surface area contributed by atoms with Crippen molar-refractivity contribution in [2.45, 2.75) is 39.2 Å². The van der Waals surface area contributed by atoms with E-state index >= 15 is 0 Å². The van der Waals surface area contributed by atoms with Crippen LogP contribution in [0.15, 0.2) is 42.5 Å². The summed E-state index contributed by atoms with van der Waals surface area (Å²) in [4.78, 5) is 24.5. The molecule has 0 saturated heterocycles. The highest BCUT2D eigenvalue weighted by molar-refractivity contribution is 6.04. The van der Waals surface area contributed by atoms with Crippen LogP contribution in [0.2, 0.25) is 0 Å². The van der Waals surface area contributed by atoms with Crippen molar-refractivity contribution in [3.05, 3.63) is 64.7 Å². The average Bonchev–Trinajstić information content (AvgIpc) is 2.90. The molecule has 0 heterocycles. The molecular weight excluding hydrogens is 314 g/mol. The molecule has 2 aromatic carbocycles. The molecule has 2 aromatic rings. The number of carbonyl (C=O) groups is 2. The fourth-order valence-corrected chi connectivity index (χ4v) is 3.48. The molecule has 1 N–H and O–H groups in total. The molecule has 1 aliphatic rings. The van der Waals surface area contributed by atoms with E-state index in [2.05, 4.69) is 12.2 Å². The van der Waals surface area contributed by atoms with E-state index in [1.807, 2.05) is 50.2 Å². The van der Waals surface area contributed by atoms with Gasteiger partial charge in [-0.05, 0) is 42.5 Å². The number of carbonyl (C=O) groups excluding carboxylic acids is 2. The van der Waals surface area contributed by atoms with Gasteiger partial charge in [0.25, 0.3) is 5.91 Å². The molecule has 2 atom stereocenters. The van der Waals surface area contributed by atoms with Crippen molar-refractivity contribution in [1.82, 2.24) is 5.32 Å². The van der Waals surface area contributed by atoms with E-state index in [4.69, 9.17) is 4.74 Å². The summed E-state index contributed by atoms with van der Waals surface area (Å²) in [5, 5.41) is 2.92. The van der Waals surface area contributed by atoms with Crippen molar-refractivity contribution < 1.29 is 14.3 Å². The van der Waals surface area contributed by atoms with Gasteiger partial charge < -0.3 is 10.1 Å². The molecule has 4 nitrogen and oxygen atoms in total. The van der Waals surface area contributed by atoms with Crippen LogP contribution in [-0.2, 0) is 4.79 Å². The Morgan fingerprint density at radius 1 is 1.24 bits per heavy atom. The van der Waals surface area contributed by atoms with Gasteiger partial charge in [-0.3, -0.25) is 9.59 Å². The number of ketones is 1. The molecule has 0 bridgehead atoms. The minimum Gasteiger partial charge on any atom is -0.483 e. The predicted octanol–water partition coefficient (Wildman–Crippen LogP) is 3.94. The first kappa shape index (κ1) is 17.2. The van der Waals surface area contributed by atoms with Crippen LogP contribution in [0.1, 0.15) is 59.3 Å². The number of benzene rings is 2. The fourth-order valence-electron chi connectivity index (χ4n) is 3.48. The zero-order valence-corrected chi connectivity index (χ0v) is 14.8. The van der Waals surface area contributed by atoms with Crippen LogP contribution in [0.25, 0.3) is 0 Å². The highest BCUT2D eigenvalue weighted by atomic mass is 16.5. The fraction of sp³-hybridized carbons (Fsp3) is 0.333. The Kier molecular flexibility index (Phi) is 4.88. The van der Waals surface area contributed by atoms with Gasteiger partial charge in [0.05, 0.1) is 11.6 Å². The number of Topliss-reactive ketones (excluding diaryl/α,β-unsaturated/α-hetero) is 1. The van der Waals surface area contributed by atoms with Crippen LogP contribution in [0, 0.1) is 6.92 Å². The summed E-state index contributed by atoms with van der Waals surface area (Å²) in [7, 11) is 0. The second-order valence-corrected chi connectivity index (χ2v) is 6.69. The Morgan fingerprint density at radius 2 is 1.96 bits per heavy atom. The standard InChI is InChI=1S/C21H23NO3/c1-13-9-10-18(21-17(23)11-14(2)20(13)21)25-12-19(24)22-15(3)16-7-5-4-6-8-16/h4-10,14-15H,11-12H2,1-3H3,(H,22,24)/t14-,15+/m1/s1. The summed E-state index contributed by atoms with van der Waals surface area (Å²) < 4.78 is 5.69. The first-order chi connectivity index (χ1) is 12.0. The van der Waals surface area contributed by atoms with Crippen molar-refractivity contribution in [3.8, 4) is 5.75 Å². The van der Waals surface area contributed by atoms with Crippen LogP contribution in [0.5, 0.6) is 5.75 Å². The second-order valence-electron chi connectivity index (χ2n) is 6.69. The number of ether oxygens (including phenoxy) is 1. The van der Waals surface area contributed by atoms with E-state index in [1.54, 1.807) is 6.07 Å². The Hall–Kier alpha value is -2.62. The Bertz CT molecular complexity index is 798. The molecule has 0 radical (unpaired) electrons. The number of aryl methyl sites for hydroxylation is 1. The molecule has 1 aliphatic carbocycles. The second kappa shape index (κ2) is 7.09. The summed E-state index contributed by atoms with van der Waals surface area (Å²) in [6.07, 6.45) is 0.508. The predicted molar refractivity (Wildman–Crippen MR) is 97.0 cm³/mol. The SMILES string of the molecule is Cc1ccc(OCC(=O)N[C@@H](C)c2ccccc2)c2c1[C@H](C)CC2=O. The van der Waals surface area contributed by atoms with Crippen molar-refractivity contribution >= 4 is 11.7 Å². The molecule has 130 valence electrons. The maximum Gasteiger partial charge on any atom is 0.258 e. The molecule has 4 heteroatoms. The van der Waals surface area contributed by atoms with Gasteiger partial charge in [-0.15, -0.1) is 0 Å². The summed E-state index contributed by atoms with van der Waals surface area (Å²) in [6.45, 7) is 5.89. The van der Waals surface area contributed by atoms with E-state index in [0.717, 1.165) is 16.7 Å². The van der Waals surface area contributed by atoms with Gasteiger partial charge >= 0.3 is 0 Å². The van der Waals surface area contributed by atoms with Gasteiger partial charge in [0.1, 0.15) is 5.75 Å². The number of amides is 1. The molecule has 1 amide bonds. The molecule has 0 fully saturated rings. The first-order valence-electron chi connectivity index (χ1n) is 8.61. The largest absolute Gasteiger partial charge is 0.483 e. The third kappa shape index (κ3) is 3.58. The van der Waals surface area contributed by atoms with Gasteiger partial charge in [0.15, 0.2) is 12.4 Å². The quantitative estimate of drug-likeness (QED) is 0.899.